The lowest BCUT2D eigenvalue weighted by Crippen LogP contribution is -2.40. The second-order valence-electron chi connectivity index (χ2n) is 4.98. The molecule has 0 fully saturated rings. The van der Waals surface area contributed by atoms with Crippen LogP contribution in [-0.4, -0.2) is 64.2 Å². The highest BCUT2D eigenvalue weighted by molar-refractivity contribution is 7.09. The average molecular weight is 326 g/mol. The molecule has 2 N–H and O–H groups in total. The standard InChI is InChI=1S/C15H26N4O2S/c1-19(2)14(20)12-18-15(16-8-5-10-21-3)17-9-7-13-6-4-11-22-13/h4,6,11H,5,7-10,12H2,1-3H3,(H2,16,17,18). The van der Waals surface area contributed by atoms with Gasteiger partial charge in [0, 0.05) is 45.8 Å². The van der Waals surface area contributed by atoms with Crippen LogP contribution in [0.2, 0.25) is 0 Å². The number of carbonyl (C=O) groups excluding carboxylic acids is 1. The summed E-state index contributed by atoms with van der Waals surface area (Å²) in [6, 6.07) is 4.17. The Balaban J connectivity index is 2.41. The molecule has 0 aliphatic heterocycles. The number of hydrogen-bond donors (Lipinski definition) is 2. The molecule has 1 rings (SSSR count). The van der Waals surface area contributed by atoms with Gasteiger partial charge in [0.25, 0.3) is 0 Å². The number of thiophene rings is 1. The summed E-state index contributed by atoms with van der Waals surface area (Å²) in [5.74, 6) is 0.652. The van der Waals surface area contributed by atoms with E-state index >= 15 is 0 Å². The highest BCUT2D eigenvalue weighted by Gasteiger charge is 2.04. The average Bonchev–Trinajstić information content (AvgIpc) is 3.01. The van der Waals surface area contributed by atoms with Gasteiger partial charge in [-0.3, -0.25) is 4.79 Å². The zero-order valence-electron chi connectivity index (χ0n) is 13.6. The first-order valence-electron chi connectivity index (χ1n) is 7.37. The second-order valence-corrected chi connectivity index (χ2v) is 6.01. The van der Waals surface area contributed by atoms with Gasteiger partial charge in [-0.05, 0) is 24.3 Å². The van der Waals surface area contributed by atoms with Crippen molar-refractivity contribution in [3.8, 4) is 0 Å². The zero-order valence-corrected chi connectivity index (χ0v) is 14.4. The van der Waals surface area contributed by atoms with Gasteiger partial charge in [0.1, 0.15) is 6.54 Å². The van der Waals surface area contributed by atoms with Crippen molar-refractivity contribution in [2.24, 2.45) is 4.99 Å². The smallest absolute Gasteiger partial charge is 0.243 e. The van der Waals surface area contributed by atoms with Crippen molar-refractivity contribution in [3.05, 3.63) is 22.4 Å². The maximum atomic E-state index is 11.6. The molecule has 0 saturated carbocycles. The van der Waals surface area contributed by atoms with Crippen molar-refractivity contribution in [1.29, 1.82) is 0 Å². The van der Waals surface area contributed by atoms with Gasteiger partial charge >= 0.3 is 0 Å². The lowest BCUT2D eigenvalue weighted by molar-refractivity contribution is -0.127. The molecule has 0 aliphatic rings. The van der Waals surface area contributed by atoms with Crippen LogP contribution in [0.1, 0.15) is 11.3 Å². The van der Waals surface area contributed by atoms with Crippen LogP contribution < -0.4 is 10.6 Å². The van der Waals surface area contributed by atoms with E-state index in [1.165, 1.54) is 9.78 Å². The van der Waals surface area contributed by atoms with Crippen molar-refractivity contribution in [1.82, 2.24) is 15.5 Å². The molecule has 22 heavy (non-hydrogen) atoms. The summed E-state index contributed by atoms with van der Waals surface area (Å²) in [6.45, 7) is 2.39. The first-order chi connectivity index (χ1) is 10.6. The number of rotatable bonds is 9. The predicted molar refractivity (Wildman–Crippen MR) is 91.5 cm³/mol. The lowest BCUT2D eigenvalue weighted by Gasteiger charge is -2.13. The quantitative estimate of drug-likeness (QED) is 0.403. The van der Waals surface area contributed by atoms with Crippen LogP contribution in [0.3, 0.4) is 0 Å². The molecule has 1 heterocycles. The van der Waals surface area contributed by atoms with E-state index in [4.69, 9.17) is 4.74 Å². The van der Waals surface area contributed by atoms with Crippen molar-refractivity contribution in [2.45, 2.75) is 12.8 Å². The maximum absolute atomic E-state index is 11.6. The second kappa shape index (κ2) is 11.0. The van der Waals surface area contributed by atoms with Crippen LogP contribution in [0.4, 0.5) is 0 Å². The van der Waals surface area contributed by atoms with Gasteiger partial charge < -0.3 is 20.3 Å². The van der Waals surface area contributed by atoms with Crippen molar-refractivity contribution >= 4 is 23.2 Å². The third kappa shape index (κ3) is 7.99. The van der Waals surface area contributed by atoms with E-state index < -0.39 is 0 Å². The van der Waals surface area contributed by atoms with E-state index in [-0.39, 0.29) is 12.5 Å². The summed E-state index contributed by atoms with van der Waals surface area (Å²) in [5, 5.41) is 8.56. The molecular weight excluding hydrogens is 300 g/mol. The van der Waals surface area contributed by atoms with Gasteiger partial charge in [-0.15, -0.1) is 11.3 Å². The fraction of sp³-hybridized carbons (Fsp3) is 0.600. The van der Waals surface area contributed by atoms with Crippen LogP contribution in [0.25, 0.3) is 0 Å². The molecule has 124 valence electrons. The Morgan fingerprint density at radius 1 is 1.36 bits per heavy atom. The highest BCUT2D eigenvalue weighted by atomic mass is 32.1. The predicted octanol–water partition coefficient (Wildman–Crippen LogP) is 0.951. The highest BCUT2D eigenvalue weighted by Crippen LogP contribution is 2.07. The lowest BCUT2D eigenvalue weighted by atomic mass is 10.3. The Morgan fingerprint density at radius 3 is 2.77 bits per heavy atom. The molecule has 0 aromatic carbocycles. The normalized spacial score (nSPS) is 11.3. The van der Waals surface area contributed by atoms with Gasteiger partial charge in [0.05, 0.1) is 0 Å². The molecule has 6 nitrogen and oxygen atoms in total. The van der Waals surface area contributed by atoms with E-state index in [1.54, 1.807) is 32.5 Å². The largest absolute Gasteiger partial charge is 0.385 e. The van der Waals surface area contributed by atoms with Crippen molar-refractivity contribution in [2.75, 3.05) is 47.4 Å². The van der Waals surface area contributed by atoms with E-state index in [2.05, 4.69) is 27.1 Å². The van der Waals surface area contributed by atoms with Gasteiger partial charge in [-0.1, -0.05) is 6.07 Å². The van der Waals surface area contributed by atoms with Crippen LogP contribution in [0.15, 0.2) is 22.5 Å². The van der Waals surface area contributed by atoms with Gasteiger partial charge in [0.2, 0.25) is 5.91 Å². The molecule has 1 aromatic rings. The molecule has 0 radical (unpaired) electrons. The number of aliphatic imine (C=N–C) groups is 1. The first kappa shape index (κ1) is 18.4. The van der Waals surface area contributed by atoms with E-state index in [1.807, 2.05) is 6.07 Å². The third-order valence-electron chi connectivity index (χ3n) is 2.93. The first-order valence-corrected chi connectivity index (χ1v) is 8.25. The number of methoxy groups -OCH3 is 1. The number of nitrogens with zero attached hydrogens (tertiary/aromatic N) is 2. The minimum absolute atomic E-state index is 0.0174. The summed E-state index contributed by atoms with van der Waals surface area (Å²) < 4.78 is 5.02. The SMILES string of the molecule is COCCCNC(=NCC(=O)N(C)C)NCCc1cccs1. The summed E-state index contributed by atoms with van der Waals surface area (Å²) in [6.07, 6.45) is 1.84. The Morgan fingerprint density at radius 2 is 2.14 bits per heavy atom. The van der Waals surface area contributed by atoms with E-state index in [0.29, 0.717) is 12.6 Å². The number of guanidine groups is 1. The zero-order chi connectivity index (χ0) is 16.2. The molecule has 1 aromatic heterocycles. The number of carbonyl (C=O) groups is 1. The van der Waals surface area contributed by atoms with E-state index in [9.17, 15) is 4.79 Å². The molecule has 7 heteroatoms. The molecule has 0 unspecified atom stereocenters. The minimum Gasteiger partial charge on any atom is -0.385 e. The maximum Gasteiger partial charge on any atom is 0.243 e. The Labute approximate surface area is 136 Å². The van der Waals surface area contributed by atoms with Gasteiger partial charge in [0.15, 0.2) is 5.96 Å². The number of hydrogen-bond acceptors (Lipinski definition) is 4. The topological polar surface area (TPSA) is 66.0 Å². The number of ether oxygens (including phenoxy) is 1. The Hall–Kier alpha value is -1.60. The van der Waals surface area contributed by atoms with Crippen LogP contribution in [0, 0.1) is 0 Å². The van der Waals surface area contributed by atoms with Gasteiger partial charge in [-0.25, -0.2) is 4.99 Å². The van der Waals surface area contributed by atoms with Crippen LogP contribution in [0.5, 0.6) is 0 Å². The van der Waals surface area contributed by atoms with Gasteiger partial charge in [-0.2, -0.15) is 0 Å². The molecule has 0 aliphatic carbocycles. The Bertz CT molecular complexity index is 446. The third-order valence-corrected chi connectivity index (χ3v) is 3.87. The summed E-state index contributed by atoms with van der Waals surface area (Å²) in [4.78, 5) is 18.8. The van der Waals surface area contributed by atoms with Crippen LogP contribution in [-0.2, 0) is 16.0 Å². The van der Waals surface area contributed by atoms with Crippen LogP contribution >= 0.6 is 11.3 Å². The van der Waals surface area contributed by atoms with Crippen molar-refractivity contribution < 1.29 is 9.53 Å². The van der Waals surface area contributed by atoms with Crippen molar-refractivity contribution in [3.63, 3.8) is 0 Å². The molecule has 0 spiro atoms. The fourth-order valence-electron chi connectivity index (χ4n) is 1.64. The number of nitrogens with one attached hydrogen (secondary N) is 2. The molecule has 1 amide bonds. The molecule has 0 bridgehead atoms. The molecule has 0 atom stereocenters. The molecule has 0 saturated heterocycles. The summed E-state index contributed by atoms with van der Waals surface area (Å²) in [5.41, 5.74) is 0. The molecular formula is C15H26N4O2S. The fourth-order valence-corrected chi connectivity index (χ4v) is 2.35. The Kier molecular flexibility index (Phi) is 9.25. The minimum atomic E-state index is -0.0174. The summed E-state index contributed by atoms with van der Waals surface area (Å²) in [7, 11) is 5.14. The summed E-state index contributed by atoms with van der Waals surface area (Å²) >= 11 is 1.74. The monoisotopic (exact) mass is 326 g/mol. The number of likely N-dealkylation sites (N-methyl/N-ethyl adjacent to an activating group) is 1. The number of amides is 1. The van der Waals surface area contributed by atoms with E-state index in [0.717, 1.165) is 25.9 Å².